The van der Waals surface area contributed by atoms with E-state index in [0.717, 1.165) is 6.42 Å². The molecule has 2 rings (SSSR count). The van der Waals surface area contributed by atoms with Crippen molar-refractivity contribution in [1.82, 2.24) is 0 Å². The zero-order chi connectivity index (χ0) is 14.3. The fourth-order valence-electron chi connectivity index (χ4n) is 2.64. The van der Waals surface area contributed by atoms with E-state index in [9.17, 15) is 0 Å². The fraction of sp³-hybridized carbons (Fsp3) is 0.533. The van der Waals surface area contributed by atoms with E-state index in [2.05, 4.69) is 13.8 Å². The van der Waals surface area contributed by atoms with Crippen LogP contribution in [0.15, 0.2) is 24.3 Å². The average molecular weight is 262 g/mol. The van der Waals surface area contributed by atoms with Crippen molar-refractivity contribution >= 4 is 5.84 Å². The van der Waals surface area contributed by atoms with Gasteiger partial charge in [-0.25, -0.2) is 0 Å². The summed E-state index contributed by atoms with van der Waals surface area (Å²) < 4.78 is 12.1. The standard InChI is InChI=1S/C15H22N2O2/c1-14(2)9-12(15(3,4)19-14)18-11-8-6-5-7-10(11)13(16)17/h5-8,12H,9H2,1-4H3,(H3,16,17). The number of nitrogens with two attached hydrogens (primary N) is 1. The molecular weight excluding hydrogens is 240 g/mol. The highest BCUT2D eigenvalue weighted by Gasteiger charge is 2.47. The van der Waals surface area contributed by atoms with Crippen LogP contribution in [0, 0.1) is 5.41 Å². The largest absolute Gasteiger partial charge is 0.487 e. The molecule has 4 heteroatoms. The Labute approximate surface area is 114 Å². The molecule has 1 heterocycles. The van der Waals surface area contributed by atoms with Crippen LogP contribution < -0.4 is 10.5 Å². The van der Waals surface area contributed by atoms with Crippen molar-refractivity contribution in [2.45, 2.75) is 51.4 Å². The van der Waals surface area contributed by atoms with Gasteiger partial charge in [0.15, 0.2) is 0 Å². The number of para-hydroxylation sites is 1. The van der Waals surface area contributed by atoms with Crippen molar-refractivity contribution in [3.05, 3.63) is 29.8 Å². The number of nitrogens with one attached hydrogen (secondary N) is 1. The van der Waals surface area contributed by atoms with Crippen LogP contribution in [-0.4, -0.2) is 23.1 Å². The number of rotatable bonds is 3. The van der Waals surface area contributed by atoms with Crippen molar-refractivity contribution in [1.29, 1.82) is 5.41 Å². The third-order valence-corrected chi connectivity index (χ3v) is 3.44. The molecule has 3 N–H and O–H groups in total. The summed E-state index contributed by atoms with van der Waals surface area (Å²) in [5.74, 6) is 0.668. The molecule has 1 unspecified atom stereocenters. The normalized spacial score (nSPS) is 24.1. The SMILES string of the molecule is CC1(C)CC(Oc2ccccc2C(=N)N)C(C)(C)O1. The molecule has 19 heavy (non-hydrogen) atoms. The van der Waals surface area contributed by atoms with Gasteiger partial charge >= 0.3 is 0 Å². The summed E-state index contributed by atoms with van der Waals surface area (Å²) in [4.78, 5) is 0. The van der Waals surface area contributed by atoms with Gasteiger partial charge in [0.1, 0.15) is 23.3 Å². The van der Waals surface area contributed by atoms with Crippen LogP contribution >= 0.6 is 0 Å². The van der Waals surface area contributed by atoms with Crippen molar-refractivity contribution in [3.63, 3.8) is 0 Å². The molecule has 1 aromatic rings. The molecule has 1 fully saturated rings. The lowest BCUT2D eigenvalue weighted by Gasteiger charge is -2.28. The number of hydrogen-bond acceptors (Lipinski definition) is 3. The Morgan fingerprint density at radius 2 is 1.95 bits per heavy atom. The van der Waals surface area contributed by atoms with Gasteiger partial charge in [0.2, 0.25) is 0 Å². The molecular formula is C15H22N2O2. The second kappa shape index (κ2) is 4.53. The quantitative estimate of drug-likeness (QED) is 0.650. The molecule has 0 saturated carbocycles. The summed E-state index contributed by atoms with van der Waals surface area (Å²) in [6.07, 6.45) is 0.759. The number of amidine groups is 1. The van der Waals surface area contributed by atoms with Crippen molar-refractivity contribution in [2.24, 2.45) is 5.73 Å². The first-order valence-electron chi connectivity index (χ1n) is 6.51. The fourth-order valence-corrected chi connectivity index (χ4v) is 2.64. The number of ether oxygens (including phenoxy) is 2. The topological polar surface area (TPSA) is 68.3 Å². The van der Waals surface area contributed by atoms with Crippen LogP contribution in [-0.2, 0) is 4.74 Å². The first-order chi connectivity index (χ1) is 8.71. The van der Waals surface area contributed by atoms with E-state index >= 15 is 0 Å². The second-order valence-corrected chi connectivity index (χ2v) is 6.19. The number of nitrogen functional groups attached to an aromatic ring is 1. The minimum Gasteiger partial charge on any atom is -0.487 e. The highest BCUT2D eigenvalue weighted by Crippen LogP contribution is 2.39. The van der Waals surface area contributed by atoms with Gasteiger partial charge in [0.25, 0.3) is 0 Å². The molecule has 0 bridgehead atoms. The van der Waals surface area contributed by atoms with Crippen molar-refractivity contribution < 1.29 is 9.47 Å². The van der Waals surface area contributed by atoms with E-state index in [0.29, 0.717) is 11.3 Å². The first-order valence-corrected chi connectivity index (χ1v) is 6.51. The van der Waals surface area contributed by atoms with Gasteiger partial charge in [0, 0.05) is 6.42 Å². The van der Waals surface area contributed by atoms with Gasteiger partial charge in [-0.1, -0.05) is 12.1 Å². The number of hydrogen-bond donors (Lipinski definition) is 2. The molecule has 0 radical (unpaired) electrons. The van der Waals surface area contributed by atoms with E-state index in [1.54, 1.807) is 6.07 Å². The average Bonchev–Trinajstić information content (AvgIpc) is 2.47. The molecule has 1 aliphatic heterocycles. The minimum atomic E-state index is -0.354. The molecule has 104 valence electrons. The lowest BCUT2D eigenvalue weighted by Crippen LogP contribution is -2.37. The van der Waals surface area contributed by atoms with Crippen LogP contribution in [0.1, 0.15) is 39.7 Å². The van der Waals surface area contributed by atoms with E-state index in [4.69, 9.17) is 20.6 Å². The predicted octanol–water partition coefficient (Wildman–Crippen LogP) is 2.70. The summed E-state index contributed by atoms with van der Waals surface area (Å²) in [5, 5.41) is 7.59. The summed E-state index contributed by atoms with van der Waals surface area (Å²) in [7, 11) is 0. The van der Waals surface area contributed by atoms with Crippen LogP contribution in [0.5, 0.6) is 5.75 Å². The van der Waals surface area contributed by atoms with Gasteiger partial charge in [-0.3, -0.25) is 5.41 Å². The lowest BCUT2D eigenvalue weighted by molar-refractivity contribution is -0.0846. The Hall–Kier alpha value is -1.55. The molecule has 0 spiro atoms. The van der Waals surface area contributed by atoms with Gasteiger partial charge in [-0.05, 0) is 39.8 Å². The molecule has 0 aliphatic carbocycles. The maximum Gasteiger partial charge on any atom is 0.130 e. The zero-order valence-electron chi connectivity index (χ0n) is 12.0. The monoisotopic (exact) mass is 262 g/mol. The third kappa shape index (κ3) is 2.89. The summed E-state index contributed by atoms with van der Waals surface area (Å²) in [5.41, 5.74) is 5.66. The van der Waals surface area contributed by atoms with E-state index in [-0.39, 0.29) is 23.1 Å². The maximum atomic E-state index is 7.59. The van der Waals surface area contributed by atoms with E-state index < -0.39 is 0 Å². The molecule has 0 aromatic heterocycles. The van der Waals surface area contributed by atoms with Gasteiger partial charge in [0.05, 0.1) is 11.2 Å². The summed E-state index contributed by atoms with van der Waals surface area (Å²) in [6, 6.07) is 7.38. The maximum absolute atomic E-state index is 7.59. The molecule has 1 aromatic carbocycles. The Morgan fingerprint density at radius 1 is 1.32 bits per heavy atom. The van der Waals surface area contributed by atoms with Crippen molar-refractivity contribution in [2.75, 3.05) is 0 Å². The van der Waals surface area contributed by atoms with Gasteiger partial charge in [-0.2, -0.15) is 0 Å². The Morgan fingerprint density at radius 3 is 2.47 bits per heavy atom. The highest BCUT2D eigenvalue weighted by molar-refractivity contribution is 5.97. The van der Waals surface area contributed by atoms with Gasteiger partial charge in [-0.15, -0.1) is 0 Å². The van der Waals surface area contributed by atoms with Crippen LogP contribution in [0.2, 0.25) is 0 Å². The van der Waals surface area contributed by atoms with Crippen molar-refractivity contribution in [3.8, 4) is 5.75 Å². The molecule has 1 saturated heterocycles. The van der Waals surface area contributed by atoms with Crippen LogP contribution in [0.25, 0.3) is 0 Å². The zero-order valence-corrected chi connectivity index (χ0v) is 12.0. The Kier molecular flexibility index (Phi) is 3.31. The molecule has 0 amide bonds. The smallest absolute Gasteiger partial charge is 0.130 e. The van der Waals surface area contributed by atoms with E-state index in [1.807, 2.05) is 32.0 Å². The number of benzene rings is 1. The molecule has 1 atom stereocenters. The van der Waals surface area contributed by atoms with Gasteiger partial charge < -0.3 is 15.2 Å². The third-order valence-electron chi connectivity index (χ3n) is 3.44. The lowest BCUT2D eigenvalue weighted by atomic mass is 9.97. The highest BCUT2D eigenvalue weighted by atomic mass is 16.6. The predicted molar refractivity (Wildman–Crippen MR) is 75.7 cm³/mol. The van der Waals surface area contributed by atoms with E-state index in [1.165, 1.54) is 0 Å². The molecule has 4 nitrogen and oxygen atoms in total. The van der Waals surface area contributed by atoms with Crippen LogP contribution in [0.4, 0.5) is 0 Å². The summed E-state index contributed by atoms with van der Waals surface area (Å²) >= 11 is 0. The first kappa shape index (κ1) is 13.9. The minimum absolute atomic E-state index is 0.0200. The van der Waals surface area contributed by atoms with Crippen LogP contribution in [0.3, 0.4) is 0 Å². The summed E-state index contributed by atoms with van der Waals surface area (Å²) in [6.45, 7) is 8.19. The second-order valence-electron chi connectivity index (χ2n) is 6.19. The molecule has 1 aliphatic rings. The Balaban J connectivity index is 2.25. The Bertz CT molecular complexity index is 495.